The number of carbonyl (C=O) groups excluding carboxylic acids is 1. The maximum absolute atomic E-state index is 12.1. The summed E-state index contributed by atoms with van der Waals surface area (Å²) in [5.41, 5.74) is 0.178. The van der Waals surface area contributed by atoms with Gasteiger partial charge in [0.15, 0.2) is 11.5 Å². The van der Waals surface area contributed by atoms with Crippen LogP contribution in [0.4, 0.5) is 5.69 Å². The van der Waals surface area contributed by atoms with Gasteiger partial charge in [0.25, 0.3) is 0 Å². The number of hydrogen-bond donors (Lipinski definition) is 2. The fourth-order valence-electron chi connectivity index (χ4n) is 2.10. The van der Waals surface area contributed by atoms with Gasteiger partial charge in [-0.3, -0.25) is 14.9 Å². The van der Waals surface area contributed by atoms with Gasteiger partial charge in [0.2, 0.25) is 5.78 Å². The van der Waals surface area contributed by atoms with Crippen molar-refractivity contribution in [2.24, 2.45) is 0 Å². The quantitative estimate of drug-likeness (QED) is 0.501. The number of benzene rings is 2. The average molecular weight is 299 g/mol. The molecule has 0 spiro atoms. The van der Waals surface area contributed by atoms with Gasteiger partial charge < -0.3 is 14.9 Å². The second kappa shape index (κ2) is 4.88. The Bertz CT molecular complexity index is 840. The van der Waals surface area contributed by atoms with Gasteiger partial charge in [0.1, 0.15) is 11.5 Å². The van der Waals surface area contributed by atoms with E-state index in [1.807, 2.05) is 0 Å². The number of ether oxygens (including phenoxy) is 1. The molecule has 0 fully saturated rings. The van der Waals surface area contributed by atoms with Crippen LogP contribution in [-0.4, -0.2) is 20.9 Å². The lowest BCUT2D eigenvalue weighted by Gasteiger charge is -2.00. The zero-order chi connectivity index (χ0) is 15.9. The lowest BCUT2D eigenvalue weighted by atomic mass is 10.1. The number of Topliss-reactive ketones (excluding diaryl/α,β-unsaturated/α-hetero) is 1. The number of nitro groups is 1. The molecular weight excluding hydrogens is 290 g/mol. The van der Waals surface area contributed by atoms with E-state index in [-0.39, 0.29) is 23.0 Å². The van der Waals surface area contributed by atoms with Crippen LogP contribution in [0.15, 0.2) is 42.2 Å². The van der Waals surface area contributed by atoms with E-state index in [9.17, 15) is 25.1 Å². The van der Waals surface area contributed by atoms with Crippen molar-refractivity contribution in [3.05, 3.63) is 63.4 Å². The van der Waals surface area contributed by atoms with Crippen molar-refractivity contribution in [3.63, 3.8) is 0 Å². The largest absolute Gasteiger partial charge is 0.508 e. The molecule has 2 N–H and O–H groups in total. The summed E-state index contributed by atoms with van der Waals surface area (Å²) in [6.07, 6.45) is 1.34. The first kappa shape index (κ1) is 13.6. The number of carbonyl (C=O) groups is 1. The van der Waals surface area contributed by atoms with Gasteiger partial charge >= 0.3 is 5.69 Å². The Morgan fingerprint density at radius 1 is 1.14 bits per heavy atom. The molecule has 0 bridgehead atoms. The van der Waals surface area contributed by atoms with Crippen molar-refractivity contribution in [1.29, 1.82) is 0 Å². The molecule has 1 heterocycles. The first-order valence-corrected chi connectivity index (χ1v) is 6.20. The number of hydrogen-bond acceptors (Lipinski definition) is 6. The molecular formula is C15H9NO6. The minimum Gasteiger partial charge on any atom is -0.508 e. The summed E-state index contributed by atoms with van der Waals surface area (Å²) in [6.45, 7) is 0. The number of aromatic hydroxyl groups is 2. The third-order valence-electron chi connectivity index (χ3n) is 3.15. The summed E-state index contributed by atoms with van der Waals surface area (Å²) in [5, 5.41) is 29.6. The molecule has 2 aromatic rings. The van der Waals surface area contributed by atoms with Gasteiger partial charge in [-0.1, -0.05) is 6.07 Å². The summed E-state index contributed by atoms with van der Waals surface area (Å²) >= 11 is 0. The van der Waals surface area contributed by atoms with E-state index in [2.05, 4.69) is 0 Å². The predicted molar refractivity (Wildman–Crippen MR) is 75.8 cm³/mol. The Morgan fingerprint density at radius 2 is 1.91 bits per heavy atom. The second-order valence-electron chi connectivity index (χ2n) is 4.63. The molecule has 0 atom stereocenters. The monoisotopic (exact) mass is 299 g/mol. The Labute approximate surface area is 123 Å². The summed E-state index contributed by atoms with van der Waals surface area (Å²) in [4.78, 5) is 22.2. The Kier molecular flexibility index (Phi) is 3.03. The molecule has 7 heteroatoms. The van der Waals surface area contributed by atoms with Crippen molar-refractivity contribution < 1.29 is 24.7 Å². The van der Waals surface area contributed by atoms with E-state index in [1.54, 1.807) is 0 Å². The summed E-state index contributed by atoms with van der Waals surface area (Å²) in [7, 11) is 0. The lowest BCUT2D eigenvalue weighted by molar-refractivity contribution is -0.385. The molecule has 0 aliphatic carbocycles. The van der Waals surface area contributed by atoms with Crippen LogP contribution in [0, 0.1) is 10.1 Å². The van der Waals surface area contributed by atoms with Crippen molar-refractivity contribution in [1.82, 2.24) is 0 Å². The van der Waals surface area contributed by atoms with E-state index in [4.69, 9.17) is 4.74 Å². The molecule has 22 heavy (non-hydrogen) atoms. The number of fused-ring (bicyclic) bond motifs is 1. The highest BCUT2D eigenvalue weighted by Gasteiger charge is 2.27. The first-order valence-electron chi connectivity index (χ1n) is 6.20. The third kappa shape index (κ3) is 2.24. The van der Waals surface area contributed by atoms with Gasteiger partial charge in [0.05, 0.1) is 10.5 Å². The molecule has 0 saturated carbocycles. The van der Waals surface area contributed by atoms with Gasteiger partial charge in [-0.05, 0) is 29.8 Å². The van der Waals surface area contributed by atoms with E-state index < -0.39 is 16.4 Å². The lowest BCUT2D eigenvalue weighted by Crippen LogP contribution is -1.98. The van der Waals surface area contributed by atoms with Crippen LogP contribution in [0.3, 0.4) is 0 Å². The minimum atomic E-state index is -0.721. The van der Waals surface area contributed by atoms with Crippen molar-refractivity contribution >= 4 is 17.5 Å². The molecule has 0 aromatic heterocycles. The smallest absolute Gasteiger partial charge is 0.311 e. The third-order valence-corrected chi connectivity index (χ3v) is 3.15. The summed E-state index contributed by atoms with van der Waals surface area (Å²) in [6, 6.07) is 7.85. The Hall–Kier alpha value is -3.35. The molecule has 2 aromatic carbocycles. The normalized spacial score (nSPS) is 14.7. The van der Waals surface area contributed by atoms with Crippen LogP contribution in [0.5, 0.6) is 17.2 Å². The van der Waals surface area contributed by atoms with E-state index >= 15 is 0 Å². The summed E-state index contributed by atoms with van der Waals surface area (Å²) < 4.78 is 5.35. The van der Waals surface area contributed by atoms with Gasteiger partial charge in [-0.15, -0.1) is 0 Å². The van der Waals surface area contributed by atoms with E-state index in [0.29, 0.717) is 11.1 Å². The zero-order valence-corrected chi connectivity index (χ0v) is 11.0. The van der Waals surface area contributed by atoms with Crippen LogP contribution in [0.25, 0.3) is 6.08 Å². The van der Waals surface area contributed by atoms with Crippen molar-refractivity contribution in [2.45, 2.75) is 0 Å². The van der Waals surface area contributed by atoms with Crippen LogP contribution in [-0.2, 0) is 0 Å². The number of phenolic OH excluding ortho intramolecular Hbond substituents is 2. The van der Waals surface area contributed by atoms with Crippen LogP contribution in [0.1, 0.15) is 15.9 Å². The second-order valence-corrected chi connectivity index (χ2v) is 4.63. The minimum absolute atomic E-state index is 0.0133. The number of phenols is 2. The standard InChI is InChI=1S/C15H9NO6/c17-9-2-3-10-13(7-9)22-14(15(10)19)6-8-1-4-12(18)11(5-8)16(20)21/h1-7,17-18H. The molecule has 0 radical (unpaired) electrons. The maximum atomic E-state index is 12.1. The number of allylic oxidation sites excluding steroid dienone is 1. The Balaban J connectivity index is 1.99. The molecule has 3 rings (SSSR count). The van der Waals surface area contributed by atoms with Crippen molar-refractivity contribution in [3.8, 4) is 17.2 Å². The molecule has 1 aliphatic rings. The van der Waals surface area contributed by atoms with E-state index in [0.717, 1.165) is 6.07 Å². The number of nitro benzene ring substituents is 1. The highest BCUT2D eigenvalue weighted by molar-refractivity contribution is 6.14. The van der Waals surface area contributed by atoms with Crippen molar-refractivity contribution in [2.75, 3.05) is 0 Å². The topological polar surface area (TPSA) is 110 Å². The molecule has 0 unspecified atom stereocenters. The number of rotatable bonds is 2. The first-order chi connectivity index (χ1) is 10.5. The van der Waals surface area contributed by atoms with Crippen LogP contribution >= 0.6 is 0 Å². The van der Waals surface area contributed by atoms with E-state index in [1.165, 1.54) is 36.4 Å². The molecule has 0 amide bonds. The molecule has 0 saturated heterocycles. The maximum Gasteiger partial charge on any atom is 0.311 e. The van der Waals surface area contributed by atoms with Crippen LogP contribution < -0.4 is 4.74 Å². The highest BCUT2D eigenvalue weighted by Crippen LogP contribution is 2.35. The SMILES string of the molecule is O=C1C(=Cc2ccc(O)c([N+](=O)[O-])c2)Oc2cc(O)ccc21. The fraction of sp³-hybridized carbons (Fsp3) is 0. The Morgan fingerprint density at radius 3 is 2.64 bits per heavy atom. The number of ketones is 1. The fourth-order valence-corrected chi connectivity index (χ4v) is 2.10. The molecule has 7 nitrogen and oxygen atoms in total. The highest BCUT2D eigenvalue weighted by atomic mass is 16.6. The van der Waals surface area contributed by atoms with Gasteiger partial charge in [0, 0.05) is 12.1 Å². The predicted octanol–water partition coefficient (Wildman–Crippen LogP) is 2.62. The van der Waals surface area contributed by atoms with Crippen LogP contribution in [0.2, 0.25) is 0 Å². The molecule has 1 aliphatic heterocycles. The van der Waals surface area contributed by atoms with Gasteiger partial charge in [-0.25, -0.2) is 0 Å². The zero-order valence-electron chi connectivity index (χ0n) is 11.0. The molecule has 110 valence electrons. The average Bonchev–Trinajstić information content (AvgIpc) is 2.76. The summed E-state index contributed by atoms with van der Waals surface area (Å²) in [5.74, 6) is -0.664. The number of nitrogens with zero attached hydrogens (tertiary/aromatic N) is 1. The van der Waals surface area contributed by atoms with Gasteiger partial charge in [-0.2, -0.15) is 0 Å².